The number of anilines is 2. The van der Waals surface area contributed by atoms with E-state index in [-0.39, 0.29) is 23.6 Å². The molecule has 0 aliphatic carbocycles. The second-order valence-electron chi connectivity index (χ2n) is 13.5. The lowest BCUT2D eigenvalue weighted by atomic mass is 9.87. The third-order valence-corrected chi connectivity index (χ3v) is 10.0. The highest BCUT2D eigenvalue weighted by Crippen LogP contribution is 2.31. The van der Waals surface area contributed by atoms with E-state index in [0.717, 1.165) is 22.6 Å². The maximum atomic E-state index is 13.6. The maximum Gasteiger partial charge on any atom is 0.254 e. The van der Waals surface area contributed by atoms with E-state index in [1.165, 1.54) is 12.2 Å². The Bertz CT molecular complexity index is 2310. The molecular formula is C44H47N9O4. The second-order valence-corrected chi connectivity index (χ2v) is 13.5. The standard InChI is InChI=1S/C22H22N4O2.C20H19N5O2.C2H6/c1-3-20(27)26-14-13-25(19-16-24-12-8-7-11-18(24)23-19)21(28)22(26,2)15-17-9-5-4-6-10-17;1-2-19(26)24-11-12-25(18-14-23-10-6-4-8-17(23)22-18)20(27)16(24)13-15-7-3-5-9-21-15;1-2/h3-12,16H,1,13-15H2,2H3;2-10,14,16H,1,11-13H2;1-2H3. The van der Waals surface area contributed by atoms with Crippen LogP contribution in [0.5, 0.6) is 0 Å². The van der Waals surface area contributed by atoms with Crippen LogP contribution in [0.2, 0.25) is 0 Å². The molecule has 2 fully saturated rings. The van der Waals surface area contributed by atoms with Gasteiger partial charge in [-0.25, -0.2) is 9.97 Å². The molecule has 292 valence electrons. The number of piperazine rings is 2. The Kier molecular flexibility index (Phi) is 12.4. The number of carbonyl (C=O) groups excluding carboxylic acids is 4. The monoisotopic (exact) mass is 765 g/mol. The Labute approximate surface area is 332 Å². The van der Waals surface area contributed by atoms with Crippen molar-refractivity contribution in [3.8, 4) is 0 Å². The number of fused-ring (bicyclic) bond motifs is 2. The predicted octanol–water partition coefficient (Wildman–Crippen LogP) is 5.42. The van der Waals surface area contributed by atoms with Gasteiger partial charge in [-0.05, 0) is 61.0 Å². The van der Waals surface area contributed by atoms with Crippen LogP contribution in [0.4, 0.5) is 11.6 Å². The summed E-state index contributed by atoms with van der Waals surface area (Å²) in [6, 6.07) is 26.1. The molecule has 0 N–H and O–H groups in total. The Balaban J connectivity index is 0.000000185. The minimum absolute atomic E-state index is 0.138. The van der Waals surface area contributed by atoms with Crippen molar-refractivity contribution in [2.45, 2.75) is 45.2 Å². The van der Waals surface area contributed by atoms with Gasteiger partial charge in [0.25, 0.3) is 11.8 Å². The van der Waals surface area contributed by atoms with Crippen LogP contribution < -0.4 is 9.80 Å². The van der Waals surface area contributed by atoms with E-state index in [1.807, 2.05) is 139 Å². The molecular weight excluding hydrogens is 719 g/mol. The van der Waals surface area contributed by atoms with Crippen molar-refractivity contribution in [3.05, 3.63) is 152 Å². The van der Waals surface area contributed by atoms with E-state index in [0.29, 0.717) is 50.7 Å². The van der Waals surface area contributed by atoms with Gasteiger partial charge < -0.3 is 18.6 Å². The van der Waals surface area contributed by atoms with E-state index >= 15 is 0 Å². The first kappa shape index (κ1) is 39.8. The molecule has 0 radical (unpaired) electrons. The summed E-state index contributed by atoms with van der Waals surface area (Å²) in [4.78, 5) is 71.6. The number of hydrogen-bond donors (Lipinski definition) is 0. The van der Waals surface area contributed by atoms with Gasteiger partial charge in [0.15, 0.2) is 11.6 Å². The van der Waals surface area contributed by atoms with Gasteiger partial charge in [0, 0.05) is 63.3 Å². The minimum Gasteiger partial charge on any atom is -0.325 e. The highest BCUT2D eigenvalue weighted by molar-refractivity contribution is 6.04. The molecule has 13 nitrogen and oxygen atoms in total. The first-order chi connectivity index (χ1) is 27.7. The van der Waals surface area contributed by atoms with Crippen LogP contribution in [0, 0.1) is 0 Å². The van der Waals surface area contributed by atoms with Crippen molar-refractivity contribution in [1.82, 2.24) is 33.6 Å². The molecule has 2 aliphatic rings. The molecule has 5 aromatic heterocycles. The summed E-state index contributed by atoms with van der Waals surface area (Å²) in [7, 11) is 0. The zero-order valence-electron chi connectivity index (χ0n) is 32.5. The van der Waals surface area contributed by atoms with Gasteiger partial charge in [-0.3, -0.25) is 34.0 Å². The zero-order chi connectivity index (χ0) is 40.5. The summed E-state index contributed by atoms with van der Waals surface area (Å²) >= 11 is 0. The molecule has 2 saturated heterocycles. The fourth-order valence-corrected chi connectivity index (χ4v) is 7.21. The Hall–Kier alpha value is -6.89. The predicted molar refractivity (Wildman–Crippen MR) is 221 cm³/mol. The van der Waals surface area contributed by atoms with Gasteiger partial charge >= 0.3 is 0 Å². The highest BCUT2D eigenvalue weighted by Gasteiger charge is 2.48. The van der Waals surface area contributed by atoms with Crippen molar-refractivity contribution < 1.29 is 19.2 Å². The van der Waals surface area contributed by atoms with Crippen LogP contribution >= 0.6 is 0 Å². The number of aromatic nitrogens is 5. The van der Waals surface area contributed by atoms with Crippen LogP contribution in [0.15, 0.2) is 141 Å². The zero-order valence-corrected chi connectivity index (χ0v) is 32.5. The van der Waals surface area contributed by atoms with Gasteiger partial charge in [-0.2, -0.15) is 0 Å². The minimum atomic E-state index is -1.01. The lowest BCUT2D eigenvalue weighted by Crippen LogP contribution is -2.67. The van der Waals surface area contributed by atoms with Crippen molar-refractivity contribution in [2.75, 3.05) is 36.0 Å². The molecule has 2 aliphatic heterocycles. The number of rotatable bonds is 8. The topological polar surface area (TPSA) is 129 Å². The molecule has 4 amide bonds. The fraction of sp³-hybridized carbons (Fsp3) is 0.250. The number of benzene rings is 1. The molecule has 2 unspecified atom stereocenters. The average molecular weight is 766 g/mol. The molecule has 7 heterocycles. The summed E-state index contributed by atoms with van der Waals surface area (Å²) in [5.41, 5.74) is 2.29. The number of nitrogens with zero attached hydrogens (tertiary/aromatic N) is 9. The van der Waals surface area contributed by atoms with Gasteiger partial charge in [0.1, 0.15) is 22.9 Å². The SMILES string of the molecule is C=CC(=O)N1CCN(c2cn3ccccc3n2)C(=O)C1(C)Cc1ccccc1.C=CC(=O)N1CCN(c2cn3ccccc3n2)C(=O)C1Cc1ccccn1.CC. The maximum absolute atomic E-state index is 13.6. The molecule has 2 atom stereocenters. The fourth-order valence-electron chi connectivity index (χ4n) is 7.21. The normalized spacial score (nSPS) is 18.1. The van der Waals surface area contributed by atoms with Crippen molar-refractivity contribution in [3.63, 3.8) is 0 Å². The van der Waals surface area contributed by atoms with Gasteiger partial charge in [-0.1, -0.05) is 75.5 Å². The van der Waals surface area contributed by atoms with Crippen LogP contribution in [-0.4, -0.2) is 94.9 Å². The van der Waals surface area contributed by atoms with Crippen LogP contribution in [0.1, 0.15) is 32.0 Å². The summed E-state index contributed by atoms with van der Waals surface area (Å²) in [6.45, 7) is 14.6. The third-order valence-electron chi connectivity index (χ3n) is 10.0. The third kappa shape index (κ3) is 8.37. The van der Waals surface area contributed by atoms with E-state index in [2.05, 4.69) is 28.1 Å². The molecule has 0 saturated carbocycles. The van der Waals surface area contributed by atoms with E-state index in [1.54, 1.807) is 25.8 Å². The number of carbonyl (C=O) groups is 4. The Morgan fingerprint density at radius 3 is 1.89 bits per heavy atom. The summed E-state index contributed by atoms with van der Waals surface area (Å²) < 4.78 is 3.76. The van der Waals surface area contributed by atoms with Crippen molar-refractivity contribution in [1.29, 1.82) is 0 Å². The summed E-state index contributed by atoms with van der Waals surface area (Å²) in [6.07, 6.45) is 12.4. The van der Waals surface area contributed by atoms with E-state index in [9.17, 15) is 19.2 Å². The van der Waals surface area contributed by atoms with E-state index in [4.69, 9.17) is 0 Å². The van der Waals surface area contributed by atoms with E-state index < -0.39 is 11.6 Å². The Morgan fingerprint density at radius 2 is 1.32 bits per heavy atom. The Morgan fingerprint density at radius 1 is 0.737 bits per heavy atom. The average Bonchev–Trinajstić information content (AvgIpc) is 3.88. The van der Waals surface area contributed by atoms with Gasteiger partial charge in [0.05, 0.1) is 12.4 Å². The molecule has 57 heavy (non-hydrogen) atoms. The first-order valence-corrected chi connectivity index (χ1v) is 19.0. The lowest BCUT2D eigenvalue weighted by Gasteiger charge is -2.47. The number of amides is 4. The largest absolute Gasteiger partial charge is 0.325 e. The van der Waals surface area contributed by atoms with Gasteiger partial charge in [0.2, 0.25) is 11.8 Å². The van der Waals surface area contributed by atoms with Crippen molar-refractivity contribution in [2.24, 2.45) is 0 Å². The molecule has 6 aromatic rings. The quantitative estimate of drug-likeness (QED) is 0.189. The second kappa shape index (κ2) is 17.7. The van der Waals surface area contributed by atoms with Gasteiger partial charge in [-0.15, -0.1) is 0 Å². The van der Waals surface area contributed by atoms with Crippen LogP contribution in [0.25, 0.3) is 11.3 Å². The van der Waals surface area contributed by atoms with Crippen molar-refractivity contribution >= 4 is 46.6 Å². The molecule has 13 heteroatoms. The van der Waals surface area contributed by atoms with Crippen LogP contribution in [0.3, 0.4) is 0 Å². The highest BCUT2D eigenvalue weighted by atomic mass is 16.2. The summed E-state index contributed by atoms with van der Waals surface area (Å²) in [5.74, 6) is 0.399. The first-order valence-electron chi connectivity index (χ1n) is 19.0. The molecule has 0 spiro atoms. The smallest absolute Gasteiger partial charge is 0.254 e. The molecule has 1 aromatic carbocycles. The number of imidazole rings is 2. The number of pyridine rings is 3. The van der Waals surface area contributed by atoms with Crippen LogP contribution in [-0.2, 0) is 32.0 Å². The lowest BCUT2D eigenvalue weighted by molar-refractivity contribution is -0.145. The molecule has 0 bridgehead atoms. The summed E-state index contributed by atoms with van der Waals surface area (Å²) in [5, 5.41) is 0. The number of hydrogen-bond acceptors (Lipinski definition) is 7. The molecule has 8 rings (SSSR count).